The molecule has 0 aliphatic rings. The summed E-state index contributed by atoms with van der Waals surface area (Å²) in [5.74, 6) is 0.562. The molecular formula is C14H16N2O2. The van der Waals surface area contributed by atoms with Crippen LogP contribution in [-0.2, 0) is 0 Å². The van der Waals surface area contributed by atoms with E-state index in [1.165, 1.54) is 4.68 Å². The monoisotopic (exact) mass is 244 g/mol. The van der Waals surface area contributed by atoms with E-state index in [1.54, 1.807) is 12.1 Å². The molecule has 2 aromatic rings. The zero-order chi connectivity index (χ0) is 13.1. The highest BCUT2D eigenvalue weighted by Gasteiger charge is 2.13. The summed E-state index contributed by atoms with van der Waals surface area (Å²) in [5, 5.41) is 4.19. The van der Waals surface area contributed by atoms with Gasteiger partial charge in [-0.25, -0.2) is 4.68 Å². The minimum atomic E-state index is -0.137. The first-order chi connectivity index (χ1) is 8.61. The van der Waals surface area contributed by atoms with Crippen LogP contribution in [0.15, 0.2) is 30.3 Å². The van der Waals surface area contributed by atoms with Crippen LogP contribution in [-0.4, -0.2) is 22.3 Å². The topological polar surface area (TPSA) is 44.1 Å². The molecule has 18 heavy (non-hydrogen) atoms. The van der Waals surface area contributed by atoms with Crippen LogP contribution >= 0.6 is 0 Å². The molecule has 4 heteroatoms. The average molecular weight is 244 g/mol. The minimum Gasteiger partial charge on any atom is -0.494 e. The van der Waals surface area contributed by atoms with Crippen molar-refractivity contribution in [3.8, 4) is 5.75 Å². The van der Waals surface area contributed by atoms with E-state index in [0.717, 1.165) is 11.4 Å². The zero-order valence-corrected chi connectivity index (χ0v) is 10.8. The Hall–Kier alpha value is -2.10. The van der Waals surface area contributed by atoms with Gasteiger partial charge in [-0.2, -0.15) is 5.10 Å². The largest absolute Gasteiger partial charge is 0.494 e. The third kappa shape index (κ3) is 2.42. The second kappa shape index (κ2) is 5.04. The first kappa shape index (κ1) is 12.4. The Bertz CT molecular complexity index is 573. The molecule has 0 saturated heterocycles. The van der Waals surface area contributed by atoms with Gasteiger partial charge in [-0.1, -0.05) is 6.07 Å². The van der Waals surface area contributed by atoms with Crippen molar-refractivity contribution in [2.24, 2.45) is 0 Å². The lowest BCUT2D eigenvalue weighted by Gasteiger charge is -2.06. The SMILES string of the molecule is CCOc1cccc(C(=O)n2nc(C)cc2C)c1. The number of aromatic nitrogens is 2. The molecule has 1 aromatic heterocycles. The van der Waals surface area contributed by atoms with E-state index in [2.05, 4.69) is 5.10 Å². The summed E-state index contributed by atoms with van der Waals surface area (Å²) >= 11 is 0. The number of benzene rings is 1. The van der Waals surface area contributed by atoms with Crippen LogP contribution in [0.25, 0.3) is 0 Å². The van der Waals surface area contributed by atoms with Gasteiger partial charge in [0.2, 0.25) is 0 Å². The molecule has 0 N–H and O–H groups in total. The maximum absolute atomic E-state index is 12.3. The second-order valence-electron chi connectivity index (χ2n) is 4.10. The average Bonchev–Trinajstić information content (AvgIpc) is 2.68. The van der Waals surface area contributed by atoms with Crippen molar-refractivity contribution in [2.75, 3.05) is 6.61 Å². The highest BCUT2D eigenvalue weighted by Crippen LogP contribution is 2.15. The Morgan fingerprint density at radius 3 is 2.72 bits per heavy atom. The number of carbonyl (C=O) groups excluding carboxylic acids is 1. The molecule has 0 aliphatic carbocycles. The van der Waals surface area contributed by atoms with Crippen molar-refractivity contribution in [1.29, 1.82) is 0 Å². The van der Waals surface area contributed by atoms with Gasteiger partial charge in [-0.3, -0.25) is 4.79 Å². The molecule has 0 unspecified atom stereocenters. The molecule has 2 rings (SSSR count). The number of aryl methyl sites for hydroxylation is 2. The second-order valence-corrected chi connectivity index (χ2v) is 4.10. The van der Waals surface area contributed by atoms with Crippen LogP contribution < -0.4 is 4.74 Å². The molecule has 0 aliphatic heterocycles. The molecule has 0 radical (unpaired) electrons. The highest BCUT2D eigenvalue weighted by molar-refractivity contribution is 5.96. The number of rotatable bonds is 3. The van der Waals surface area contributed by atoms with Crippen molar-refractivity contribution in [3.63, 3.8) is 0 Å². The van der Waals surface area contributed by atoms with Crippen LogP contribution in [0.4, 0.5) is 0 Å². The number of hydrogen-bond donors (Lipinski definition) is 0. The smallest absolute Gasteiger partial charge is 0.278 e. The van der Waals surface area contributed by atoms with Crippen LogP contribution in [0.3, 0.4) is 0 Å². The quantitative estimate of drug-likeness (QED) is 0.833. The molecule has 0 saturated carbocycles. The van der Waals surface area contributed by atoms with Gasteiger partial charge in [0, 0.05) is 11.3 Å². The lowest BCUT2D eigenvalue weighted by Crippen LogP contribution is -2.15. The number of hydrogen-bond acceptors (Lipinski definition) is 3. The van der Waals surface area contributed by atoms with Gasteiger partial charge in [0.15, 0.2) is 0 Å². The molecule has 4 nitrogen and oxygen atoms in total. The summed E-state index contributed by atoms with van der Waals surface area (Å²) in [6.07, 6.45) is 0. The van der Waals surface area contributed by atoms with Gasteiger partial charge < -0.3 is 4.74 Å². The summed E-state index contributed by atoms with van der Waals surface area (Å²) < 4.78 is 6.80. The lowest BCUT2D eigenvalue weighted by atomic mass is 10.2. The van der Waals surface area contributed by atoms with Crippen LogP contribution in [0.2, 0.25) is 0 Å². The molecular weight excluding hydrogens is 228 g/mol. The van der Waals surface area contributed by atoms with Gasteiger partial charge in [0.25, 0.3) is 5.91 Å². The molecule has 94 valence electrons. The van der Waals surface area contributed by atoms with Crippen molar-refractivity contribution >= 4 is 5.91 Å². The van der Waals surface area contributed by atoms with Gasteiger partial charge in [-0.05, 0) is 45.0 Å². The van der Waals surface area contributed by atoms with Gasteiger partial charge >= 0.3 is 0 Å². The Balaban J connectivity index is 2.34. The molecule has 1 aromatic carbocycles. The fourth-order valence-corrected chi connectivity index (χ4v) is 1.84. The van der Waals surface area contributed by atoms with Crippen LogP contribution in [0, 0.1) is 13.8 Å². The number of nitrogens with zero attached hydrogens (tertiary/aromatic N) is 2. The summed E-state index contributed by atoms with van der Waals surface area (Å²) in [4.78, 5) is 12.3. The molecule has 0 fully saturated rings. The van der Waals surface area contributed by atoms with E-state index in [1.807, 2.05) is 39.0 Å². The van der Waals surface area contributed by atoms with E-state index < -0.39 is 0 Å². The fourth-order valence-electron chi connectivity index (χ4n) is 1.84. The normalized spacial score (nSPS) is 10.4. The first-order valence-electron chi connectivity index (χ1n) is 5.92. The van der Waals surface area contributed by atoms with Gasteiger partial charge in [0.05, 0.1) is 12.3 Å². The Morgan fingerprint density at radius 2 is 2.11 bits per heavy atom. The summed E-state index contributed by atoms with van der Waals surface area (Å²) in [7, 11) is 0. The molecule has 0 atom stereocenters. The van der Waals surface area contributed by atoms with E-state index >= 15 is 0 Å². The Morgan fingerprint density at radius 1 is 1.33 bits per heavy atom. The van der Waals surface area contributed by atoms with Crippen molar-refractivity contribution in [3.05, 3.63) is 47.3 Å². The number of ether oxygens (including phenoxy) is 1. The Labute approximate surface area is 106 Å². The zero-order valence-electron chi connectivity index (χ0n) is 10.8. The van der Waals surface area contributed by atoms with E-state index in [0.29, 0.717) is 17.9 Å². The van der Waals surface area contributed by atoms with Gasteiger partial charge in [0.1, 0.15) is 5.75 Å². The fraction of sp³-hybridized carbons (Fsp3) is 0.286. The molecule has 1 heterocycles. The predicted molar refractivity (Wildman–Crippen MR) is 69.0 cm³/mol. The van der Waals surface area contributed by atoms with E-state index in [4.69, 9.17) is 4.74 Å². The van der Waals surface area contributed by atoms with E-state index in [-0.39, 0.29) is 5.91 Å². The molecule has 0 spiro atoms. The lowest BCUT2D eigenvalue weighted by molar-refractivity contribution is 0.0942. The standard InChI is InChI=1S/C14H16N2O2/c1-4-18-13-7-5-6-12(9-13)14(17)16-11(3)8-10(2)15-16/h5-9H,4H2,1-3H3. The third-order valence-corrected chi connectivity index (χ3v) is 2.59. The summed E-state index contributed by atoms with van der Waals surface area (Å²) in [6.45, 7) is 6.23. The third-order valence-electron chi connectivity index (χ3n) is 2.59. The first-order valence-corrected chi connectivity index (χ1v) is 5.92. The Kier molecular flexibility index (Phi) is 3.46. The maximum Gasteiger partial charge on any atom is 0.278 e. The predicted octanol–water partition coefficient (Wildman–Crippen LogP) is 2.59. The van der Waals surface area contributed by atoms with Crippen molar-refractivity contribution in [2.45, 2.75) is 20.8 Å². The maximum atomic E-state index is 12.3. The van der Waals surface area contributed by atoms with E-state index in [9.17, 15) is 4.79 Å². The minimum absolute atomic E-state index is 0.137. The summed E-state index contributed by atoms with van der Waals surface area (Å²) in [5.41, 5.74) is 2.24. The number of carbonyl (C=O) groups is 1. The summed E-state index contributed by atoms with van der Waals surface area (Å²) in [6, 6.07) is 9.03. The van der Waals surface area contributed by atoms with Crippen molar-refractivity contribution in [1.82, 2.24) is 9.78 Å². The van der Waals surface area contributed by atoms with Crippen LogP contribution in [0.1, 0.15) is 28.7 Å². The molecule has 0 bridgehead atoms. The van der Waals surface area contributed by atoms with Crippen LogP contribution in [0.5, 0.6) is 5.75 Å². The molecule has 0 amide bonds. The van der Waals surface area contributed by atoms with Crippen molar-refractivity contribution < 1.29 is 9.53 Å². The highest BCUT2D eigenvalue weighted by atomic mass is 16.5. The van der Waals surface area contributed by atoms with Gasteiger partial charge in [-0.15, -0.1) is 0 Å².